The lowest BCUT2D eigenvalue weighted by Gasteiger charge is -2.14. The summed E-state index contributed by atoms with van der Waals surface area (Å²) in [6.45, 7) is 0. The number of alkyl halides is 3. The molecule has 3 rings (SSSR count). The van der Waals surface area contributed by atoms with Crippen LogP contribution in [-0.4, -0.2) is 25.6 Å². The van der Waals surface area contributed by atoms with E-state index < -0.39 is 17.9 Å². The Morgan fingerprint density at radius 3 is 2.30 bits per heavy atom. The first-order valence-corrected chi connectivity index (χ1v) is 7.64. The van der Waals surface area contributed by atoms with Crippen molar-refractivity contribution < 1.29 is 31.8 Å². The van der Waals surface area contributed by atoms with Crippen LogP contribution in [-0.2, 0) is 0 Å². The first kappa shape index (κ1) is 18.6. The average Bonchev–Trinajstić information content (AvgIpc) is 2.61. The number of benzene rings is 2. The molecule has 0 amide bonds. The lowest BCUT2D eigenvalue weighted by atomic mass is 10.1. The monoisotopic (exact) mass is 382 g/mol. The zero-order chi connectivity index (χ0) is 19.6. The average molecular weight is 382 g/mol. The van der Waals surface area contributed by atoms with E-state index in [4.69, 9.17) is 9.47 Å². The van der Waals surface area contributed by atoms with E-state index in [-0.39, 0.29) is 5.69 Å². The van der Waals surface area contributed by atoms with Gasteiger partial charge in [0.05, 0.1) is 19.9 Å². The Morgan fingerprint density at radius 1 is 0.963 bits per heavy atom. The topological polar surface area (TPSA) is 52.6 Å². The standard InChI is InChI=1S/C18H14F4N2O3/c1-25-15-7-10-5-6-23-17(12(10)9-16(15)26-2)24-14-4-3-11(8-13(14)19)27-18(20,21)22/h3-9H,1-2H3,(H,23,24). The van der Waals surface area contributed by atoms with Crippen molar-refractivity contribution in [1.29, 1.82) is 0 Å². The normalized spacial score (nSPS) is 11.3. The molecule has 142 valence electrons. The van der Waals surface area contributed by atoms with Gasteiger partial charge in [-0.15, -0.1) is 13.2 Å². The Labute approximate surface area is 151 Å². The highest BCUT2D eigenvalue weighted by Crippen LogP contribution is 2.36. The van der Waals surface area contributed by atoms with Crippen LogP contribution in [0.25, 0.3) is 10.8 Å². The number of anilines is 2. The van der Waals surface area contributed by atoms with Crippen LogP contribution in [0, 0.1) is 5.82 Å². The van der Waals surface area contributed by atoms with Crippen molar-refractivity contribution in [3.05, 3.63) is 48.4 Å². The highest BCUT2D eigenvalue weighted by atomic mass is 19.4. The SMILES string of the molecule is COc1cc2ccnc(Nc3ccc(OC(F)(F)F)cc3F)c2cc1OC. The van der Waals surface area contributed by atoms with E-state index in [1.54, 1.807) is 18.2 Å². The molecule has 0 radical (unpaired) electrons. The van der Waals surface area contributed by atoms with E-state index in [1.165, 1.54) is 20.4 Å². The van der Waals surface area contributed by atoms with Crippen LogP contribution < -0.4 is 19.5 Å². The van der Waals surface area contributed by atoms with Gasteiger partial charge in [0.2, 0.25) is 0 Å². The Balaban J connectivity index is 1.97. The molecule has 0 aliphatic heterocycles. The number of pyridine rings is 1. The summed E-state index contributed by atoms with van der Waals surface area (Å²) in [5.41, 5.74) is -0.0562. The molecule has 3 aromatic rings. The summed E-state index contributed by atoms with van der Waals surface area (Å²) in [6, 6.07) is 7.93. The molecule has 1 aromatic heterocycles. The number of aromatic nitrogens is 1. The number of methoxy groups -OCH3 is 2. The summed E-state index contributed by atoms with van der Waals surface area (Å²) in [7, 11) is 2.98. The van der Waals surface area contributed by atoms with E-state index in [9.17, 15) is 17.6 Å². The predicted octanol–water partition coefficient (Wildman–Crippen LogP) is 5.03. The number of halogens is 4. The maximum atomic E-state index is 14.2. The quantitative estimate of drug-likeness (QED) is 0.627. The summed E-state index contributed by atoms with van der Waals surface area (Å²) in [5.74, 6) is -0.298. The van der Waals surface area contributed by atoms with Gasteiger partial charge in [-0.25, -0.2) is 9.37 Å². The van der Waals surface area contributed by atoms with E-state index in [0.29, 0.717) is 28.8 Å². The lowest BCUT2D eigenvalue weighted by Crippen LogP contribution is -2.17. The minimum Gasteiger partial charge on any atom is -0.493 e. The highest BCUT2D eigenvalue weighted by Gasteiger charge is 2.31. The number of hydrogen-bond acceptors (Lipinski definition) is 5. The molecule has 27 heavy (non-hydrogen) atoms. The molecular formula is C18H14F4N2O3. The van der Waals surface area contributed by atoms with Crippen LogP contribution in [0.1, 0.15) is 0 Å². The fourth-order valence-corrected chi connectivity index (χ4v) is 2.52. The first-order chi connectivity index (χ1) is 12.8. The van der Waals surface area contributed by atoms with Crippen LogP contribution in [0.2, 0.25) is 0 Å². The second-order valence-corrected chi connectivity index (χ2v) is 5.40. The Morgan fingerprint density at radius 2 is 1.67 bits per heavy atom. The molecule has 5 nitrogen and oxygen atoms in total. The van der Waals surface area contributed by atoms with Crippen molar-refractivity contribution in [2.75, 3.05) is 19.5 Å². The van der Waals surface area contributed by atoms with Gasteiger partial charge in [-0.1, -0.05) is 0 Å². The van der Waals surface area contributed by atoms with Crippen molar-refractivity contribution in [1.82, 2.24) is 4.98 Å². The minimum atomic E-state index is -4.89. The van der Waals surface area contributed by atoms with Crippen LogP contribution in [0.4, 0.5) is 29.1 Å². The van der Waals surface area contributed by atoms with Crippen LogP contribution in [0.5, 0.6) is 17.2 Å². The second-order valence-electron chi connectivity index (χ2n) is 5.40. The van der Waals surface area contributed by atoms with E-state index in [1.807, 2.05) is 0 Å². The molecular weight excluding hydrogens is 368 g/mol. The van der Waals surface area contributed by atoms with Crippen molar-refractivity contribution >= 4 is 22.3 Å². The van der Waals surface area contributed by atoms with Crippen LogP contribution >= 0.6 is 0 Å². The van der Waals surface area contributed by atoms with Gasteiger partial charge in [0.15, 0.2) is 11.5 Å². The molecule has 0 aliphatic rings. The van der Waals surface area contributed by atoms with Gasteiger partial charge in [-0.2, -0.15) is 0 Å². The lowest BCUT2D eigenvalue weighted by molar-refractivity contribution is -0.274. The van der Waals surface area contributed by atoms with Crippen LogP contribution in [0.3, 0.4) is 0 Å². The molecule has 0 saturated heterocycles. The van der Waals surface area contributed by atoms with Gasteiger partial charge >= 0.3 is 6.36 Å². The number of nitrogens with zero attached hydrogens (tertiary/aromatic N) is 1. The zero-order valence-electron chi connectivity index (χ0n) is 14.2. The molecule has 0 atom stereocenters. The van der Waals surface area contributed by atoms with Gasteiger partial charge in [0, 0.05) is 17.6 Å². The third-order valence-electron chi connectivity index (χ3n) is 3.70. The number of hydrogen-bond donors (Lipinski definition) is 1. The second kappa shape index (κ2) is 7.18. The molecule has 1 N–H and O–H groups in total. The van der Waals surface area contributed by atoms with Crippen molar-refractivity contribution in [2.45, 2.75) is 6.36 Å². The maximum Gasteiger partial charge on any atom is 0.573 e. The van der Waals surface area contributed by atoms with Crippen molar-refractivity contribution in [3.8, 4) is 17.2 Å². The molecule has 0 aliphatic carbocycles. The molecule has 0 spiro atoms. The predicted molar refractivity (Wildman–Crippen MR) is 91.2 cm³/mol. The highest BCUT2D eigenvalue weighted by molar-refractivity contribution is 5.95. The molecule has 0 fully saturated rings. The molecule has 2 aromatic carbocycles. The van der Waals surface area contributed by atoms with E-state index >= 15 is 0 Å². The third kappa shape index (κ3) is 4.13. The van der Waals surface area contributed by atoms with Crippen molar-refractivity contribution in [2.24, 2.45) is 0 Å². The molecule has 0 unspecified atom stereocenters. The Hall–Kier alpha value is -3.23. The number of ether oxygens (including phenoxy) is 3. The summed E-state index contributed by atoms with van der Waals surface area (Å²) in [6.07, 6.45) is -3.39. The largest absolute Gasteiger partial charge is 0.573 e. The maximum absolute atomic E-state index is 14.2. The molecule has 1 heterocycles. The molecule has 0 saturated carbocycles. The number of rotatable bonds is 5. The molecule has 0 bridgehead atoms. The fraction of sp³-hybridized carbons (Fsp3) is 0.167. The van der Waals surface area contributed by atoms with Gasteiger partial charge in [0.25, 0.3) is 0 Å². The van der Waals surface area contributed by atoms with Crippen molar-refractivity contribution in [3.63, 3.8) is 0 Å². The third-order valence-corrected chi connectivity index (χ3v) is 3.70. The fourth-order valence-electron chi connectivity index (χ4n) is 2.52. The number of fused-ring (bicyclic) bond motifs is 1. The van der Waals surface area contributed by atoms with E-state index in [2.05, 4.69) is 15.0 Å². The van der Waals surface area contributed by atoms with Crippen LogP contribution in [0.15, 0.2) is 42.6 Å². The summed E-state index contributed by atoms with van der Waals surface area (Å²) < 4.78 is 65.1. The molecule has 9 heteroatoms. The van der Waals surface area contributed by atoms with Gasteiger partial charge < -0.3 is 19.5 Å². The summed E-state index contributed by atoms with van der Waals surface area (Å²) >= 11 is 0. The number of nitrogens with one attached hydrogen (secondary N) is 1. The minimum absolute atomic E-state index is 0.0562. The van der Waals surface area contributed by atoms with Gasteiger partial charge in [-0.05, 0) is 35.7 Å². The van der Waals surface area contributed by atoms with Gasteiger partial charge in [-0.3, -0.25) is 0 Å². The zero-order valence-corrected chi connectivity index (χ0v) is 14.2. The summed E-state index contributed by atoms with van der Waals surface area (Å²) in [4.78, 5) is 4.17. The Kier molecular flexibility index (Phi) is 4.93. The first-order valence-electron chi connectivity index (χ1n) is 7.64. The Bertz CT molecular complexity index is 977. The van der Waals surface area contributed by atoms with E-state index in [0.717, 1.165) is 17.5 Å². The van der Waals surface area contributed by atoms with Gasteiger partial charge in [0.1, 0.15) is 17.4 Å². The smallest absolute Gasteiger partial charge is 0.493 e. The summed E-state index contributed by atoms with van der Waals surface area (Å²) in [5, 5.41) is 4.14.